The fraction of sp³-hybridized carbons (Fsp3) is 0. The summed E-state index contributed by atoms with van der Waals surface area (Å²) in [6.07, 6.45) is 0. The first-order valence-corrected chi connectivity index (χ1v) is 4.76. The summed E-state index contributed by atoms with van der Waals surface area (Å²) in [7, 11) is 0. The van der Waals surface area contributed by atoms with Crippen LogP contribution in [0.25, 0.3) is 0 Å². The van der Waals surface area contributed by atoms with Gasteiger partial charge in [0.2, 0.25) is 0 Å². The number of rotatable bonds is 1. The Morgan fingerprint density at radius 3 is 2.64 bits per heavy atom. The van der Waals surface area contributed by atoms with Crippen molar-refractivity contribution in [3.8, 4) is 0 Å². The lowest BCUT2D eigenvalue weighted by molar-refractivity contribution is 1.49. The zero-order chi connectivity index (χ0) is 8.27. The molecule has 0 radical (unpaired) electrons. The summed E-state index contributed by atoms with van der Waals surface area (Å²) >= 11 is 11.1. The van der Waals surface area contributed by atoms with Gasteiger partial charge in [0.05, 0.1) is 10.8 Å². The normalized spacial score (nSPS) is 8.91. The zero-order valence-electron chi connectivity index (χ0n) is 5.34. The van der Waals surface area contributed by atoms with Crippen LogP contribution in [0.2, 0.25) is 0 Å². The van der Waals surface area contributed by atoms with Gasteiger partial charge in [0.15, 0.2) is 0 Å². The van der Waals surface area contributed by atoms with E-state index < -0.39 is 0 Å². The number of benzene rings is 1. The lowest BCUT2D eigenvalue weighted by atomic mass is 10.3. The molecule has 0 fully saturated rings. The number of aliphatic imine (C=N–C) groups is 1. The molecule has 0 bridgehead atoms. The van der Waals surface area contributed by atoms with Gasteiger partial charge in [-0.3, -0.25) is 0 Å². The van der Waals surface area contributed by atoms with Crippen molar-refractivity contribution in [2.45, 2.75) is 0 Å². The number of halogens is 2. The summed E-state index contributed by atoms with van der Waals surface area (Å²) in [6.45, 7) is 0. The monoisotopic (exact) mass is 291 g/mol. The van der Waals surface area contributed by atoms with E-state index in [0.717, 1.165) is 14.6 Å². The summed E-state index contributed by atoms with van der Waals surface area (Å²) in [5.41, 5.74) is 0.795. The molecule has 0 aliphatic carbocycles. The first-order valence-electron chi connectivity index (χ1n) is 2.77. The standard InChI is InChI=1S/C7H3Br2NS/c8-5-1-2-7(10-4-11)6(9)3-5/h1-3H. The van der Waals surface area contributed by atoms with Gasteiger partial charge in [-0.15, -0.1) is 0 Å². The van der Waals surface area contributed by atoms with Gasteiger partial charge >= 0.3 is 0 Å². The van der Waals surface area contributed by atoms with E-state index in [-0.39, 0.29) is 0 Å². The first-order chi connectivity index (χ1) is 5.24. The highest BCUT2D eigenvalue weighted by Crippen LogP contribution is 2.27. The van der Waals surface area contributed by atoms with E-state index in [0.29, 0.717) is 0 Å². The fourth-order valence-corrected chi connectivity index (χ4v) is 1.86. The first kappa shape index (κ1) is 9.07. The Balaban J connectivity index is 3.19. The number of isothiocyanates is 1. The average Bonchev–Trinajstić information content (AvgIpc) is 1.95. The van der Waals surface area contributed by atoms with E-state index in [1.165, 1.54) is 0 Å². The van der Waals surface area contributed by atoms with Crippen molar-refractivity contribution in [1.29, 1.82) is 0 Å². The predicted octanol–water partition coefficient (Wildman–Crippen LogP) is 3.95. The third kappa shape index (κ3) is 2.49. The van der Waals surface area contributed by atoms with Crippen molar-refractivity contribution in [2.75, 3.05) is 0 Å². The lowest BCUT2D eigenvalue weighted by Crippen LogP contribution is -1.68. The number of nitrogens with zero attached hydrogens (tertiary/aromatic N) is 1. The van der Waals surface area contributed by atoms with Crippen LogP contribution in [0.4, 0.5) is 5.69 Å². The van der Waals surface area contributed by atoms with Gasteiger partial charge in [-0.05, 0) is 46.3 Å². The molecule has 0 spiro atoms. The molecule has 0 saturated heterocycles. The Kier molecular flexibility index (Phi) is 3.40. The average molecular weight is 293 g/mol. The van der Waals surface area contributed by atoms with E-state index in [1.54, 1.807) is 0 Å². The lowest BCUT2D eigenvalue weighted by Gasteiger charge is -1.95. The summed E-state index contributed by atoms with van der Waals surface area (Å²) in [6, 6.07) is 5.66. The maximum Gasteiger partial charge on any atom is 0.0882 e. The van der Waals surface area contributed by atoms with Crippen LogP contribution in [0, 0.1) is 0 Å². The molecule has 0 atom stereocenters. The van der Waals surface area contributed by atoms with E-state index in [9.17, 15) is 0 Å². The minimum atomic E-state index is 0.795. The quantitative estimate of drug-likeness (QED) is 0.564. The molecule has 0 unspecified atom stereocenters. The smallest absolute Gasteiger partial charge is 0.0882 e. The fourth-order valence-electron chi connectivity index (χ4n) is 0.621. The SMILES string of the molecule is S=C=Nc1ccc(Br)cc1Br. The molecule has 1 aromatic carbocycles. The minimum absolute atomic E-state index is 0.795. The molecule has 0 aliphatic heterocycles. The van der Waals surface area contributed by atoms with Crippen molar-refractivity contribution in [3.63, 3.8) is 0 Å². The molecular weight excluding hydrogens is 290 g/mol. The number of hydrogen-bond acceptors (Lipinski definition) is 2. The molecule has 1 nitrogen and oxygen atoms in total. The second kappa shape index (κ2) is 4.12. The molecule has 4 heteroatoms. The van der Waals surface area contributed by atoms with Crippen LogP contribution < -0.4 is 0 Å². The van der Waals surface area contributed by atoms with Gasteiger partial charge in [0.1, 0.15) is 0 Å². The van der Waals surface area contributed by atoms with Crippen LogP contribution in [0.5, 0.6) is 0 Å². The van der Waals surface area contributed by atoms with Crippen LogP contribution in [0.15, 0.2) is 32.1 Å². The molecule has 11 heavy (non-hydrogen) atoms. The largest absolute Gasteiger partial charge is 0.194 e. The van der Waals surface area contributed by atoms with Gasteiger partial charge in [-0.25, -0.2) is 0 Å². The van der Waals surface area contributed by atoms with Crippen LogP contribution in [-0.2, 0) is 0 Å². The summed E-state index contributed by atoms with van der Waals surface area (Å²) in [5, 5.41) is 2.31. The van der Waals surface area contributed by atoms with Crippen molar-refractivity contribution in [2.24, 2.45) is 4.99 Å². The Labute approximate surface area is 86.8 Å². The van der Waals surface area contributed by atoms with E-state index in [2.05, 4.69) is 54.2 Å². The highest BCUT2D eigenvalue weighted by molar-refractivity contribution is 9.11. The molecule has 0 saturated carbocycles. The van der Waals surface area contributed by atoms with Gasteiger partial charge in [-0.2, -0.15) is 4.99 Å². The predicted molar refractivity (Wildman–Crippen MR) is 56.5 cm³/mol. The van der Waals surface area contributed by atoms with Crippen molar-refractivity contribution in [3.05, 3.63) is 27.1 Å². The van der Waals surface area contributed by atoms with E-state index in [4.69, 9.17) is 0 Å². The van der Waals surface area contributed by atoms with Crippen molar-refractivity contribution in [1.82, 2.24) is 0 Å². The third-order valence-electron chi connectivity index (χ3n) is 1.08. The minimum Gasteiger partial charge on any atom is -0.194 e. The molecule has 0 aliphatic rings. The summed E-state index contributed by atoms with van der Waals surface area (Å²) < 4.78 is 1.91. The van der Waals surface area contributed by atoms with E-state index in [1.807, 2.05) is 18.2 Å². The van der Waals surface area contributed by atoms with Crippen LogP contribution in [0.1, 0.15) is 0 Å². The van der Waals surface area contributed by atoms with Crippen molar-refractivity contribution >= 4 is 54.9 Å². The topological polar surface area (TPSA) is 12.4 Å². The number of thiocarbonyl (C=S) groups is 1. The molecular formula is C7H3Br2NS. The van der Waals surface area contributed by atoms with Crippen LogP contribution in [0.3, 0.4) is 0 Å². The highest BCUT2D eigenvalue weighted by atomic mass is 79.9. The Morgan fingerprint density at radius 1 is 1.36 bits per heavy atom. The molecule has 0 amide bonds. The van der Waals surface area contributed by atoms with Crippen LogP contribution in [-0.4, -0.2) is 5.16 Å². The maximum absolute atomic E-state index is 4.48. The zero-order valence-corrected chi connectivity index (χ0v) is 9.33. The Hall–Kier alpha value is -0.0200. The van der Waals surface area contributed by atoms with Gasteiger partial charge in [0.25, 0.3) is 0 Å². The van der Waals surface area contributed by atoms with E-state index >= 15 is 0 Å². The molecule has 0 N–H and O–H groups in total. The molecule has 0 aromatic heterocycles. The third-order valence-corrected chi connectivity index (χ3v) is 2.30. The molecule has 1 aromatic rings. The molecule has 56 valence electrons. The van der Waals surface area contributed by atoms with Gasteiger partial charge in [-0.1, -0.05) is 15.9 Å². The summed E-state index contributed by atoms with van der Waals surface area (Å²) in [5.74, 6) is 0. The highest BCUT2D eigenvalue weighted by Gasteiger charge is 1.96. The van der Waals surface area contributed by atoms with Crippen molar-refractivity contribution < 1.29 is 0 Å². The second-order valence-electron chi connectivity index (χ2n) is 1.80. The second-order valence-corrected chi connectivity index (χ2v) is 3.75. The Bertz CT molecular complexity index is 318. The van der Waals surface area contributed by atoms with Crippen LogP contribution >= 0.6 is 44.1 Å². The summed E-state index contributed by atoms with van der Waals surface area (Å²) in [4.78, 5) is 3.84. The maximum atomic E-state index is 4.48. The van der Waals surface area contributed by atoms with Gasteiger partial charge < -0.3 is 0 Å². The number of hydrogen-bond donors (Lipinski definition) is 0. The molecule has 1 rings (SSSR count). The molecule has 0 heterocycles. The van der Waals surface area contributed by atoms with Gasteiger partial charge in [0, 0.05) is 8.95 Å². The Morgan fingerprint density at radius 2 is 2.09 bits per heavy atom.